The van der Waals surface area contributed by atoms with E-state index in [1.807, 2.05) is 7.05 Å². The summed E-state index contributed by atoms with van der Waals surface area (Å²) in [5.74, 6) is 0. The summed E-state index contributed by atoms with van der Waals surface area (Å²) < 4.78 is 2.50. The minimum atomic E-state index is 0.761. The molecule has 0 atom stereocenters. The van der Waals surface area contributed by atoms with E-state index >= 15 is 0 Å². The molecule has 0 fully saturated rings. The van der Waals surface area contributed by atoms with Crippen LogP contribution >= 0.6 is 15.9 Å². The van der Waals surface area contributed by atoms with Crippen LogP contribution in [0.2, 0.25) is 0 Å². The molecule has 4 nitrogen and oxygen atoms in total. The number of nitrogens with zero attached hydrogens (tertiary/aromatic N) is 4. The lowest BCUT2D eigenvalue weighted by molar-refractivity contribution is 0.787. The molecule has 0 saturated carbocycles. The molecular formula is C6H5BrN4. The Morgan fingerprint density at radius 3 is 3.09 bits per heavy atom. The lowest BCUT2D eigenvalue weighted by atomic mass is 10.5. The molecule has 0 saturated heterocycles. The van der Waals surface area contributed by atoms with E-state index in [1.165, 1.54) is 6.33 Å². The molecule has 56 valence electrons. The minimum Gasteiger partial charge on any atom is -0.264 e. The first-order valence-corrected chi connectivity index (χ1v) is 3.86. The number of aryl methyl sites for hydroxylation is 1. The summed E-state index contributed by atoms with van der Waals surface area (Å²) in [4.78, 5) is 7.95. The monoisotopic (exact) mass is 212 g/mol. The fourth-order valence-corrected chi connectivity index (χ4v) is 1.49. The standard InChI is InChI=1S/C6H5BrN4/c1-11-4-2-8-3-9-5(4)6(7)10-11/h2-3H,1H3. The highest BCUT2D eigenvalue weighted by molar-refractivity contribution is 9.10. The van der Waals surface area contributed by atoms with Gasteiger partial charge in [0.15, 0.2) is 4.60 Å². The first-order valence-electron chi connectivity index (χ1n) is 3.07. The largest absolute Gasteiger partial charge is 0.264 e. The zero-order valence-electron chi connectivity index (χ0n) is 5.82. The molecule has 0 aliphatic heterocycles. The van der Waals surface area contributed by atoms with Crippen molar-refractivity contribution in [3.05, 3.63) is 17.1 Å². The van der Waals surface area contributed by atoms with Crippen molar-refractivity contribution in [2.45, 2.75) is 0 Å². The van der Waals surface area contributed by atoms with Gasteiger partial charge in [0.1, 0.15) is 17.4 Å². The zero-order valence-corrected chi connectivity index (χ0v) is 7.41. The van der Waals surface area contributed by atoms with Gasteiger partial charge in [0.25, 0.3) is 0 Å². The van der Waals surface area contributed by atoms with Crippen molar-refractivity contribution in [1.29, 1.82) is 0 Å². The van der Waals surface area contributed by atoms with E-state index in [0.29, 0.717) is 0 Å². The number of halogens is 1. The summed E-state index contributed by atoms with van der Waals surface area (Å²) in [7, 11) is 1.86. The van der Waals surface area contributed by atoms with Gasteiger partial charge in [0.2, 0.25) is 0 Å². The molecule has 0 aliphatic rings. The minimum absolute atomic E-state index is 0.761. The molecule has 0 aliphatic carbocycles. The van der Waals surface area contributed by atoms with Crippen molar-refractivity contribution in [3.8, 4) is 0 Å². The Kier molecular flexibility index (Phi) is 1.38. The molecule has 0 radical (unpaired) electrons. The Labute approximate surface area is 71.4 Å². The molecule has 2 aromatic heterocycles. The highest BCUT2D eigenvalue weighted by atomic mass is 79.9. The lowest BCUT2D eigenvalue weighted by Gasteiger charge is -1.88. The lowest BCUT2D eigenvalue weighted by Crippen LogP contribution is -1.89. The van der Waals surface area contributed by atoms with Gasteiger partial charge >= 0.3 is 0 Å². The number of hydrogen-bond acceptors (Lipinski definition) is 3. The van der Waals surface area contributed by atoms with E-state index in [1.54, 1.807) is 10.9 Å². The SMILES string of the molecule is Cn1nc(Br)c2ncncc21. The molecular weight excluding hydrogens is 208 g/mol. The number of hydrogen-bond donors (Lipinski definition) is 0. The van der Waals surface area contributed by atoms with Crippen LogP contribution < -0.4 is 0 Å². The first kappa shape index (κ1) is 6.72. The maximum absolute atomic E-state index is 4.12. The van der Waals surface area contributed by atoms with Gasteiger partial charge < -0.3 is 0 Å². The Morgan fingerprint density at radius 1 is 1.55 bits per heavy atom. The smallest absolute Gasteiger partial charge is 0.154 e. The van der Waals surface area contributed by atoms with Crippen LogP contribution in [0.5, 0.6) is 0 Å². The van der Waals surface area contributed by atoms with Gasteiger partial charge in [-0.25, -0.2) is 9.97 Å². The second-order valence-electron chi connectivity index (χ2n) is 2.17. The Morgan fingerprint density at radius 2 is 2.36 bits per heavy atom. The van der Waals surface area contributed by atoms with Crippen LogP contribution in [-0.4, -0.2) is 19.7 Å². The van der Waals surface area contributed by atoms with Crippen LogP contribution in [-0.2, 0) is 7.05 Å². The molecule has 0 unspecified atom stereocenters. The number of rotatable bonds is 0. The fourth-order valence-electron chi connectivity index (χ4n) is 0.951. The van der Waals surface area contributed by atoms with Crippen molar-refractivity contribution in [2.24, 2.45) is 7.05 Å². The Balaban J connectivity index is 2.95. The van der Waals surface area contributed by atoms with Gasteiger partial charge in [-0.05, 0) is 15.9 Å². The second-order valence-corrected chi connectivity index (χ2v) is 2.92. The molecule has 2 heterocycles. The third-order valence-corrected chi connectivity index (χ3v) is 2.01. The highest BCUT2D eigenvalue weighted by Gasteiger charge is 2.04. The van der Waals surface area contributed by atoms with Gasteiger partial charge in [-0.1, -0.05) is 0 Å². The van der Waals surface area contributed by atoms with Crippen LogP contribution in [0.1, 0.15) is 0 Å². The zero-order chi connectivity index (χ0) is 7.84. The summed E-state index contributed by atoms with van der Waals surface area (Å²) in [5, 5.41) is 4.12. The van der Waals surface area contributed by atoms with E-state index in [-0.39, 0.29) is 0 Å². The van der Waals surface area contributed by atoms with Gasteiger partial charge in [-0.15, -0.1) is 0 Å². The quantitative estimate of drug-likeness (QED) is 0.658. The first-order chi connectivity index (χ1) is 5.29. The van der Waals surface area contributed by atoms with E-state index in [0.717, 1.165) is 15.6 Å². The molecule has 0 spiro atoms. The van der Waals surface area contributed by atoms with Gasteiger partial charge in [-0.2, -0.15) is 5.10 Å². The predicted octanol–water partition coefficient (Wildman–Crippen LogP) is 1.13. The van der Waals surface area contributed by atoms with Crippen LogP contribution in [0.15, 0.2) is 17.1 Å². The molecule has 11 heavy (non-hydrogen) atoms. The second kappa shape index (κ2) is 2.27. The van der Waals surface area contributed by atoms with Gasteiger partial charge in [0, 0.05) is 7.05 Å². The van der Waals surface area contributed by atoms with E-state index < -0.39 is 0 Å². The van der Waals surface area contributed by atoms with Crippen LogP contribution in [0.4, 0.5) is 0 Å². The summed E-state index contributed by atoms with van der Waals surface area (Å²) in [6, 6.07) is 0. The van der Waals surface area contributed by atoms with Crippen LogP contribution in [0.3, 0.4) is 0 Å². The molecule has 0 N–H and O–H groups in total. The molecule has 0 bridgehead atoms. The van der Waals surface area contributed by atoms with E-state index in [9.17, 15) is 0 Å². The molecule has 5 heteroatoms. The predicted molar refractivity (Wildman–Crippen MR) is 44.0 cm³/mol. The topological polar surface area (TPSA) is 43.6 Å². The Bertz CT molecular complexity index is 358. The van der Waals surface area contributed by atoms with Crippen molar-refractivity contribution in [1.82, 2.24) is 19.7 Å². The van der Waals surface area contributed by atoms with Gasteiger partial charge in [0.05, 0.1) is 6.20 Å². The highest BCUT2D eigenvalue weighted by Crippen LogP contribution is 2.18. The Hall–Kier alpha value is -0.970. The van der Waals surface area contributed by atoms with E-state index in [4.69, 9.17) is 0 Å². The molecule has 2 rings (SSSR count). The third kappa shape index (κ3) is 0.920. The molecule has 2 aromatic rings. The molecule has 0 amide bonds. The normalized spacial score (nSPS) is 10.7. The van der Waals surface area contributed by atoms with Gasteiger partial charge in [-0.3, -0.25) is 4.68 Å². The average molecular weight is 213 g/mol. The maximum atomic E-state index is 4.12. The fraction of sp³-hybridized carbons (Fsp3) is 0.167. The summed E-state index contributed by atoms with van der Waals surface area (Å²) in [6.07, 6.45) is 3.24. The van der Waals surface area contributed by atoms with Crippen LogP contribution in [0.25, 0.3) is 11.0 Å². The van der Waals surface area contributed by atoms with Crippen molar-refractivity contribution >= 4 is 27.0 Å². The van der Waals surface area contributed by atoms with Crippen molar-refractivity contribution in [2.75, 3.05) is 0 Å². The number of aromatic nitrogens is 4. The van der Waals surface area contributed by atoms with Crippen molar-refractivity contribution < 1.29 is 0 Å². The number of fused-ring (bicyclic) bond motifs is 1. The summed E-state index contributed by atoms with van der Waals surface area (Å²) in [5.41, 5.74) is 1.78. The van der Waals surface area contributed by atoms with Crippen molar-refractivity contribution in [3.63, 3.8) is 0 Å². The van der Waals surface area contributed by atoms with Crippen LogP contribution in [0, 0.1) is 0 Å². The van der Waals surface area contributed by atoms with E-state index in [2.05, 4.69) is 31.0 Å². The maximum Gasteiger partial charge on any atom is 0.154 e. The molecule has 0 aromatic carbocycles. The summed E-state index contributed by atoms with van der Waals surface area (Å²) >= 11 is 3.30. The third-order valence-electron chi connectivity index (χ3n) is 1.47. The summed E-state index contributed by atoms with van der Waals surface area (Å²) in [6.45, 7) is 0. The average Bonchev–Trinajstić information content (AvgIpc) is 2.30.